The normalized spacial score (nSPS) is 9.31. The Bertz CT molecular complexity index is 322. The smallest absolute Gasteiger partial charge is 0.318 e. The Morgan fingerprint density at radius 1 is 1.69 bits per heavy atom. The van der Waals surface area contributed by atoms with Gasteiger partial charge in [-0.15, -0.1) is 0 Å². The van der Waals surface area contributed by atoms with E-state index in [2.05, 4.69) is 4.98 Å². The van der Waals surface area contributed by atoms with Crippen molar-refractivity contribution in [2.75, 3.05) is 0 Å². The molecule has 0 aliphatic rings. The van der Waals surface area contributed by atoms with Crippen LogP contribution in [0.2, 0.25) is 0 Å². The van der Waals surface area contributed by atoms with Gasteiger partial charge in [-0.1, -0.05) is 0 Å². The van der Waals surface area contributed by atoms with Crippen LogP contribution in [0.5, 0.6) is 5.75 Å². The summed E-state index contributed by atoms with van der Waals surface area (Å²) in [7, 11) is 0. The molecule has 0 atom stereocenters. The van der Waals surface area contributed by atoms with Gasteiger partial charge >= 0.3 is 5.97 Å². The van der Waals surface area contributed by atoms with Crippen LogP contribution in [0, 0.1) is 6.92 Å². The van der Waals surface area contributed by atoms with Gasteiger partial charge in [0.2, 0.25) is 0 Å². The number of aryl methyl sites for hydroxylation is 1. The number of aldehydes is 1. The molecule has 4 heteroatoms. The Kier molecular flexibility index (Phi) is 3.14. The summed E-state index contributed by atoms with van der Waals surface area (Å²) in [6.45, 7) is 1.73. The van der Waals surface area contributed by atoms with E-state index in [9.17, 15) is 9.59 Å². The largest absolute Gasteiger partial charge is 0.424 e. The Hall–Kier alpha value is -1.71. The van der Waals surface area contributed by atoms with Crippen LogP contribution in [-0.4, -0.2) is 17.2 Å². The molecule has 1 aromatic rings. The minimum atomic E-state index is -0.564. The van der Waals surface area contributed by atoms with Gasteiger partial charge in [0.15, 0.2) is 5.75 Å². The Morgan fingerprint density at radius 3 is 3.08 bits per heavy atom. The Balaban J connectivity index is 2.68. The van der Waals surface area contributed by atoms with Gasteiger partial charge in [0, 0.05) is 6.20 Å². The van der Waals surface area contributed by atoms with E-state index in [0.717, 1.165) is 0 Å². The van der Waals surface area contributed by atoms with Crippen LogP contribution >= 0.6 is 0 Å². The highest BCUT2D eigenvalue weighted by Crippen LogP contribution is 2.13. The van der Waals surface area contributed by atoms with Gasteiger partial charge in [-0.2, -0.15) is 0 Å². The van der Waals surface area contributed by atoms with Crippen molar-refractivity contribution >= 4 is 12.3 Å². The van der Waals surface area contributed by atoms with Gasteiger partial charge in [-0.3, -0.25) is 9.78 Å². The van der Waals surface area contributed by atoms with Crippen LogP contribution in [0.15, 0.2) is 18.3 Å². The number of ether oxygens (including phenoxy) is 1. The second-order valence-corrected chi connectivity index (χ2v) is 2.43. The second-order valence-electron chi connectivity index (χ2n) is 2.43. The molecule has 1 heterocycles. The lowest BCUT2D eigenvalue weighted by Crippen LogP contribution is -2.09. The summed E-state index contributed by atoms with van der Waals surface area (Å²) in [6, 6.07) is 3.29. The zero-order chi connectivity index (χ0) is 9.68. The first-order valence-electron chi connectivity index (χ1n) is 3.80. The molecule has 0 unspecified atom stereocenters. The summed E-state index contributed by atoms with van der Waals surface area (Å²) in [5.74, 6) is -0.166. The van der Waals surface area contributed by atoms with E-state index in [1.54, 1.807) is 25.3 Å². The minimum absolute atomic E-state index is 0.228. The molecule has 0 N–H and O–H groups in total. The molecule has 0 aliphatic heterocycles. The number of hydrogen-bond donors (Lipinski definition) is 0. The van der Waals surface area contributed by atoms with E-state index in [4.69, 9.17) is 4.74 Å². The van der Waals surface area contributed by atoms with Gasteiger partial charge in [0.05, 0.1) is 5.69 Å². The number of carbonyl (C=O) groups excluding carboxylic acids is 2. The lowest BCUT2D eigenvalue weighted by molar-refractivity contribution is -0.135. The molecule has 0 saturated carbocycles. The van der Waals surface area contributed by atoms with Crippen molar-refractivity contribution in [3.8, 4) is 5.75 Å². The Labute approximate surface area is 75.5 Å². The van der Waals surface area contributed by atoms with E-state index in [1.165, 1.54) is 0 Å². The van der Waals surface area contributed by atoms with E-state index in [0.29, 0.717) is 17.7 Å². The highest BCUT2D eigenvalue weighted by Gasteiger charge is 2.05. The Morgan fingerprint density at radius 2 is 2.46 bits per heavy atom. The fourth-order valence-electron chi connectivity index (χ4n) is 0.810. The van der Waals surface area contributed by atoms with Crippen molar-refractivity contribution in [1.82, 2.24) is 4.98 Å². The third-order valence-electron chi connectivity index (χ3n) is 1.43. The maximum Gasteiger partial charge on any atom is 0.318 e. The summed E-state index contributed by atoms with van der Waals surface area (Å²) >= 11 is 0. The number of hydrogen-bond acceptors (Lipinski definition) is 4. The minimum Gasteiger partial charge on any atom is -0.424 e. The molecule has 13 heavy (non-hydrogen) atoms. The third kappa shape index (κ3) is 2.66. The molecule has 0 aliphatic carbocycles. The number of esters is 1. The monoisotopic (exact) mass is 179 g/mol. The number of rotatable bonds is 3. The topological polar surface area (TPSA) is 56.3 Å². The average Bonchev–Trinajstić information content (AvgIpc) is 2.09. The van der Waals surface area contributed by atoms with Crippen molar-refractivity contribution in [2.45, 2.75) is 13.3 Å². The summed E-state index contributed by atoms with van der Waals surface area (Å²) in [5.41, 5.74) is 0.627. The lowest BCUT2D eigenvalue weighted by Gasteiger charge is -2.03. The first-order valence-corrected chi connectivity index (χ1v) is 3.80. The molecule has 0 spiro atoms. The van der Waals surface area contributed by atoms with E-state index in [-0.39, 0.29) is 6.42 Å². The van der Waals surface area contributed by atoms with Crippen molar-refractivity contribution in [2.24, 2.45) is 0 Å². The van der Waals surface area contributed by atoms with Gasteiger partial charge in [-0.05, 0) is 19.1 Å². The summed E-state index contributed by atoms with van der Waals surface area (Å²) in [5, 5.41) is 0. The highest BCUT2D eigenvalue weighted by molar-refractivity contribution is 5.85. The lowest BCUT2D eigenvalue weighted by atomic mass is 10.3. The molecule has 1 aromatic heterocycles. The summed E-state index contributed by atoms with van der Waals surface area (Å²) < 4.78 is 4.85. The second kappa shape index (κ2) is 4.35. The van der Waals surface area contributed by atoms with Crippen molar-refractivity contribution in [3.05, 3.63) is 24.0 Å². The number of carbonyl (C=O) groups is 2. The van der Waals surface area contributed by atoms with E-state index in [1.807, 2.05) is 0 Å². The molecule has 68 valence electrons. The van der Waals surface area contributed by atoms with Crippen LogP contribution < -0.4 is 4.74 Å². The van der Waals surface area contributed by atoms with E-state index >= 15 is 0 Å². The zero-order valence-electron chi connectivity index (χ0n) is 7.19. The molecular formula is C9H9NO3. The predicted octanol–water partition coefficient (Wildman–Crippen LogP) is 0.884. The average molecular weight is 179 g/mol. The first-order chi connectivity index (χ1) is 6.24. The number of nitrogens with zero attached hydrogens (tertiary/aromatic N) is 1. The number of pyridine rings is 1. The molecule has 0 saturated heterocycles. The summed E-state index contributed by atoms with van der Waals surface area (Å²) in [4.78, 5) is 24.8. The van der Waals surface area contributed by atoms with Crippen LogP contribution in [0.25, 0.3) is 0 Å². The molecule has 1 rings (SSSR count). The third-order valence-corrected chi connectivity index (χ3v) is 1.43. The van der Waals surface area contributed by atoms with Crippen LogP contribution in [0.1, 0.15) is 12.1 Å². The highest BCUT2D eigenvalue weighted by atomic mass is 16.5. The quantitative estimate of drug-likeness (QED) is 0.392. The van der Waals surface area contributed by atoms with Gasteiger partial charge in [0.1, 0.15) is 12.7 Å². The maximum atomic E-state index is 10.9. The van der Waals surface area contributed by atoms with Gasteiger partial charge < -0.3 is 9.53 Å². The molecular weight excluding hydrogens is 170 g/mol. The fraction of sp³-hybridized carbons (Fsp3) is 0.222. The molecule has 0 radical (unpaired) electrons. The zero-order valence-corrected chi connectivity index (χ0v) is 7.19. The molecule has 0 aromatic carbocycles. The standard InChI is InChI=1S/C9H9NO3/c1-7-8(3-2-5-10-7)13-9(12)4-6-11/h2-3,5-6H,4H2,1H3. The number of aromatic nitrogens is 1. The van der Waals surface area contributed by atoms with Crippen molar-refractivity contribution < 1.29 is 14.3 Å². The predicted molar refractivity (Wildman–Crippen MR) is 45.3 cm³/mol. The maximum absolute atomic E-state index is 10.9. The summed E-state index contributed by atoms with van der Waals surface area (Å²) in [6.07, 6.45) is 1.88. The van der Waals surface area contributed by atoms with Crippen LogP contribution in [-0.2, 0) is 9.59 Å². The van der Waals surface area contributed by atoms with Crippen LogP contribution in [0.4, 0.5) is 0 Å². The SMILES string of the molecule is Cc1ncccc1OC(=O)CC=O. The first kappa shape index (κ1) is 9.38. The molecule has 0 amide bonds. The molecule has 0 fully saturated rings. The van der Waals surface area contributed by atoms with Crippen LogP contribution in [0.3, 0.4) is 0 Å². The van der Waals surface area contributed by atoms with Gasteiger partial charge in [0.25, 0.3) is 0 Å². The van der Waals surface area contributed by atoms with Crippen molar-refractivity contribution in [1.29, 1.82) is 0 Å². The molecule has 0 bridgehead atoms. The van der Waals surface area contributed by atoms with Gasteiger partial charge in [-0.25, -0.2) is 0 Å². The van der Waals surface area contributed by atoms with E-state index < -0.39 is 5.97 Å². The van der Waals surface area contributed by atoms with Crippen molar-refractivity contribution in [3.63, 3.8) is 0 Å². The fourth-order valence-corrected chi connectivity index (χ4v) is 0.810. The molecule has 4 nitrogen and oxygen atoms in total.